The van der Waals surface area contributed by atoms with Gasteiger partial charge in [-0.2, -0.15) is 5.26 Å². The van der Waals surface area contributed by atoms with E-state index >= 15 is 0 Å². The number of aromatic hydroxyl groups is 1. The molecule has 0 atom stereocenters. The lowest BCUT2D eigenvalue weighted by Gasteiger charge is -2.06. The molecule has 0 aliphatic rings. The minimum Gasteiger partial charge on any atom is -0.507 e. The second-order valence-corrected chi connectivity index (χ2v) is 3.44. The lowest BCUT2D eigenvalue weighted by molar-refractivity contribution is 0.473. The molecular formula is C13H7F2NO. The Morgan fingerprint density at radius 1 is 1.06 bits per heavy atom. The van der Waals surface area contributed by atoms with E-state index in [9.17, 15) is 13.9 Å². The van der Waals surface area contributed by atoms with Crippen LogP contribution in [0.25, 0.3) is 11.1 Å². The van der Waals surface area contributed by atoms with Crippen molar-refractivity contribution in [1.82, 2.24) is 0 Å². The summed E-state index contributed by atoms with van der Waals surface area (Å²) in [6.07, 6.45) is 0. The number of nitrogens with zero attached hydrogens (tertiary/aromatic N) is 1. The van der Waals surface area contributed by atoms with Gasteiger partial charge in [0.1, 0.15) is 23.5 Å². The van der Waals surface area contributed by atoms with Crippen LogP contribution in [0.5, 0.6) is 5.75 Å². The highest BCUT2D eigenvalue weighted by Crippen LogP contribution is 2.29. The normalized spacial score (nSPS) is 9.94. The predicted octanol–water partition coefficient (Wildman–Crippen LogP) is 3.21. The molecule has 0 bridgehead atoms. The van der Waals surface area contributed by atoms with Crippen LogP contribution in [0.3, 0.4) is 0 Å². The van der Waals surface area contributed by atoms with Gasteiger partial charge in [0.15, 0.2) is 0 Å². The van der Waals surface area contributed by atoms with Crippen molar-refractivity contribution in [3.05, 3.63) is 53.6 Å². The summed E-state index contributed by atoms with van der Waals surface area (Å²) in [6, 6.07) is 9.13. The average Bonchev–Trinajstić information content (AvgIpc) is 2.31. The summed E-state index contributed by atoms with van der Waals surface area (Å²) in [6.45, 7) is 0. The first-order valence-corrected chi connectivity index (χ1v) is 4.81. The van der Waals surface area contributed by atoms with E-state index in [1.54, 1.807) is 6.07 Å². The first-order valence-electron chi connectivity index (χ1n) is 4.81. The van der Waals surface area contributed by atoms with Crippen molar-refractivity contribution in [3.63, 3.8) is 0 Å². The molecule has 0 aliphatic carbocycles. The van der Waals surface area contributed by atoms with Gasteiger partial charge in [-0.25, -0.2) is 8.78 Å². The zero-order chi connectivity index (χ0) is 12.4. The summed E-state index contributed by atoms with van der Waals surface area (Å²) in [5.41, 5.74) is -0.0101. The molecule has 4 heteroatoms. The van der Waals surface area contributed by atoms with Gasteiger partial charge in [-0.15, -0.1) is 0 Å². The largest absolute Gasteiger partial charge is 0.507 e. The van der Waals surface area contributed by atoms with Crippen molar-refractivity contribution in [2.45, 2.75) is 0 Å². The van der Waals surface area contributed by atoms with E-state index in [4.69, 9.17) is 5.26 Å². The van der Waals surface area contributed by atoms with Crippen molar-refractivity contribution in [2.75, 3.05) is 0 Å². The Hall–Kier alpha value is -2.41. The van der Waals surface area contributed by atoms with Gasteiger partial charge in [-0.1, -0.05) is 12.1 Å². The summed E-state index contributed by atoms with van der Waals surface area (Å²) in [5, 5.41) is 18.0. The number of phenols is 1. The number of benzene rings is 2. The average molecular weight is 231 g/mol. The van der Waals surface area contributed by atoms with E-state index in [-0.39, 0.29) is 22.4 Å². The molecule has 2 aromatic rings. The fraction of sp³-hybridized carbons (Fsp3) is 0. The van der Waals surface area contributed by atoms with Gasteiger partial charge in [0.2, 0.25) is 0 Å². The standard InChI is InChI=1S/C13H7F2NO/c14-10-2-1-3-11(15)13(10)8-4-5-12(17)9(6-8)7-16/h1-6,17H. The molecule has 0 aliphatic heterocycles. The van der Waals surface area contributed by atoms with Crippen LogP contribution in [0.15, 0.2) is 36.4 Å². The van der Waals surface area contributed by atoms with Crippen LogP contribution in [-0.4, -0.2) is 5.11 Å². The van der Waals surface area contributed by atoms with Crippen LogP contribution in [0, 0.1) is 23.0 Å². The summed E-state index contributed by atoms with van der Waals surface area (Å²) in [4.78, 5) is 0. The van der Waals surface area contributed by atoms with Gasteiger partial charge in [0.25, 0.3) is 0 Å². The fourth-order valence-electron chi connectivity index (χ4n) is 1.55. The molecule has 0 radical (unpaired) electrons. The van der Waals surface area contributed by atoms with Gasteiger partial charge >= 0.3 is 0 Å². The molecule has 2 aromatic carbocycles. The second-order valence-electron chi connectivity index (χ2n) is 3.44. The van der Waals surface area contributed by atoms with Crippen LogP contribution in [-0.2, 0) is 0 Å². The van der Waals surface area contributed by atoms with Crippen LogP contribution in [0.1, 0.15) is 5.56 Å². The zero-order valence-corrected chi connectivity index (χ0v) is 8.61. The molecule has 0 spiro atoms. The molecule has 2 nitrogen and oxygen atoms in total. The molecule has 1 N–H and O–H groups in total. The maximum atomic E-state index is 13.5. The first kappa shape index (κ1) is 11.1. The van der Waals surface area contributed by atoms with E-state index in [0.717, 1.165) is 12.1 Å². The molecule has 0 unspecified atom stereocenters. The highest BCUT2D eigenvalue weighted by molar-refractivity contribution is 5.68. The Bertz CT molecular complexity index is 597. The van der Waals surface area contributed by atoms with Gasteiger partial charge < -0.3 is 5.11 Å². The molecule has 0 amide bonds. The Labute approximate surface area is 96.4 Å². The van der Waals surface area contributed by atoms with Gasteiger partial charge in [-0.05, 0) is 29.8 Å². The summed E-state index contributed by atoms with van der Waals surface area (Å²) in [7, 11) is 0. The van der Waals surface area contributed by atoms with E-state index in [1.165, 1.54) is 24.3 Å². The molecule has 17 heavy (non-hydrogen) atoms. The van der Waals surface area contributed by atoms with Crippen LogP contribution < -0.4 is 0 Å². The van der Waals surface area contributed by atoms with Crippen molar-refractivity contribution in [1.29, 1.82) is 5.26 Å². The van der Waals surface area contributed by atoms with Crippen molar-refractivity contribution >= 4 is 0 Å². The second kappa shape index (κ2) is 4.22. The Kier molecular flexibility index (Phi) is 2.75. The maximum absolute atomic E-state index is 13.5. The predicted molar refractivity (Wildman–Crippen MR) is 58.2 cm³/mol. The number of halogens is 2. The van der Waals surface area contributed by atoms with Gasteiger partial charge in [-0.3, -0.25) is 0 Å². The minimum atomic E-state index is -0.709. The molecule has 0 saturated carbocycles. The minimum absolute atomic E-state index is 0.0230. The maximum Gasteiger partial charge on any atom is 0.133 e. The smallest absolute Gasteiger partial charge is 0.133 e. The van der Waals surface area contributed by atoms with Crippen molar-refractivity contribution in [3.8, 4) is 22.9 Å². The number of nitriles is 1. The number of phenolic OH excluding ortho intramolecular Hbond substituents is 1. The molecular weight excluding hydrogens is 224 g/mol. The summed E-state index contributed by atoms with van der Waals surface area (Å²) >= 11 is 0. The molecule has 0 heterocycles. The molecule has 84 valence electrons. The monoisotopic (exact) mass is 231 g/mol. The van der Waals surface area contributed by atoms with E-state index in [2.05, 4.69) is 0 Å². The van der Waals surface area contributed by atoms with E-state index in [0.29, 0.717) is 0 Å². The number of rotatable bonds is 1. The van der Waals surface area contributed by atoms with Gasteiger partial charge in [0.05, 0.1) is 11.1 Å². The molecule has 0 fully saturated rings. The van der Waals surface area contributed by atoms with E-state index < -0.39 is 11.6 Å². The fourth-order valence-corrected chi connectivity index (χ4v) is 1.55. The topological polar surface area (TPSA) is 44.0 Å². The zero-order valence-electron chi connectivity index (χ0n) is 8.61. The SMILES string of the molecule is N#Cc1cc(-c2c(F)cccc2F)ccc1O. The summed E-state index contributed by atoms with van der Waals surface area (Å²) in [5.74, 6) is -1.63. The van der Waals surface area contributed by atoms with E-state index in [1.807, 2.05) is 0 Å². The summed E-state index contributed by atoms with van der Waals surface area (Å²) < 4.78 is 27.0. The quantitative estimate of drug-likeness (QED) is 0.818. The molecule has 0 aromatic heterocycles. The number of hydrogen-bond donors (Lipinski definition) is 1. The Balaban J connectivity index is 2.66. The third-order valence-electron chi connectivity index (χ3n) is 2.37. The van der Waals surface area contributed by atoms with Crippen molar-refractivity contribution in [2.24, 2.45) is 0 Å². The highest BCUT2D eigenvalue weighted by atomic mass is 19.1. The Morgan fingerprint density at radius 3 is 2.29 bits per heavy atom. The Morgan fingerprint density at radius 2 is 1.71 bits per heavy atom. The van der Waals surface area contributed by atoms with Crippen LogP contribution >= 0.6 is 0 Å². The molecule has 0 saturated heterocycles. The van der Waals surface area contributed by atoms with Crippen LogP contribution in [0.4, 0.5) is 8.78 Å². The van der Waals surface area contributed by atoms with Crippen LogP contribution in [0.2, 0.25) is 0 Å². The lowest BCUT2D eigenvalue weighted by Crippen LogP contribution is -1.90. The van der Waals surface area contributed by atoms with Crippen molar-refractivity contribution < 1.29 is 13.9 Å². The molecule has 2 rings (SSSR count). The highest BCUT2D eigenvalue weighted by Gasteiger charge is 2.12. The first-order chi connectivity index (χ1) is 8.13. The third kappa shape index (κ3) is 1.95. The third-order valence-corrected chi connectivity index (χ3v) is 2.37. The van der Waals surface area contributed by atoms with Gasteiger partial charge in [0, 0.05) is 0 Å². The lowest BCUT2D eigenvalue weighted by atomic mass is 10.0. The number of hydrogen-bond acceptors (Lipinski definition) is 2.